The molecule has 0 N–H and O–H groups in total. The molecular formula is C56H49N. The molecule has 0 aromatic heterocycles. The first-order chi connectivity index (χ1) is 28.2. The Balaban J connectivity index is 1.05. The molecule has 278 valence electrons. The van der Waals surface area contributed by atoms with E-state index in [-0.39, 0.29) is 10.8 Å². The molecule has 5 fully saturated rings. The van der Waals surface area contributed by atoms with Crippen LogP contribution in [0.5, 0.6) is 0 Å². The van der Waals surface area contributed by atoms with Crippen LogP contribution in [0.2, 0.25) is 0 Å². The van der Waals surface area contributed by atoms with Gasteiger partial charge >= 0.3 is 0 Å². The van der Waals surface area contributed by atoms with Gasteiger partial charge in [0, 0.05) is 27.8 Å². The number of nitrogens with zero attached hydrogens (tertiary/aromatic N) is 1. The van der Waals surface area contributed by atoms with Gasteiger partial charge in [0.2, 0.25) is 0 Å². The van der Waals surface area contributed by atoms with Crippen molar-refractivity contribution in [3.05, 3.63) is 174 Å². The fraction of sp³-hybridized carbons (Fsp3) is 0.286. The molecule has 0 amide bonds. The summed E-state index contributed by atoms with van der Waals surface area (Å²) in [6.45, 7) is 0. The van der Waals surface area contributed by atoms with Gasteiger partial charge in [-0.1, -0.05) is 135 Å². The molecule has 1 nitrogen and oxygen atoms in total. The van der Waals surface area contributed by atoms with E-state index in [0.717, 1.165) is 23.7 Å². The van der Waals surface area contributed by atoms with Crippen LogP contribution in [0.25, 0.3) is 44.2 Å². The highest BCUT2D eigenvalue weighted by molar-refractivity contribution is 5.97. The molecule has 0 aliphatic heterocycles. The molecule has 0 saturated heterocycles. The summed E-state index contributed by atoms with van der Waals surface area (Å²) in [5, 5.41) is 2.57. The van der Waals surface area contributed by atoms with E-state index in [0.29, 0.717) is 0 Å². The highest BCUT2D eigenvalue weighted by Gasteiger charge is 2.62. The molecule has 0 radical (unpaired) electrons. The lowest BCUT2D eigenvalue weighted by Crippen LogP contribution is -2.55. The van der Waals surface area contributed by atoms with Crippen LogP contribution in [0, 0.1) is 23.7 Å². The first kappa shape index (κ1) is 32.7. The van der Waals surface area contributed by atoms with Crippen LogP contribution in [0.15, 0.2) is 152 Å². The Bertz CT molecular complexity index is 2730. The molecule has 57 heavy (non-hydrogen) atoms. The molecule has 0 unspecified atom stereocenters. The Kier molecular flexibility index (Phi) is 6.91. The van der Waals surface area contributed by atoms with E-state index in [9.17, 15) is 0 Å². The Morgan fingerprint density at radius 1 is 0.421 bits per heavy atom. The highest BCUT2D eigenvalue weighted by Crippen LogP contribution is 2.70. The average molecular weight is 736 g/mol. The van der Waals surface area contributed by atoms with Gasteiger partial charge in [-0.05, 0) is 166 Å². The molecule has 7 aromatic carbocycles. The third-order valence-electron chi connectivity index (χ3n) is 16.2. The van der Waals surface area contributed by atoms with Crippen molar-refractivity contribution >= 4 is 27.8 Å². The molecule has 7 aliphatic rings. The molecule has 14 rings (SSSR count). The molecule has 4 bridgehead atoms. The van der Waals surface area contributed by atoms with Gasteiger partial charge in [0.1, 0.15) is 0 Å². The number of hydrogen-bond acceptors (Lipinski definition) is 1. The zero-order valence-corrected chi connectivity index (χ0v) is 32.8. The van der Waals surface area contributed by atoms with Crippen molar-refractivity contribution in [2.75, 3.05) is 4.90 Å². The van der Waals surface area contributed by atoms with Crippen LogP contribution in [-0.2, 0) is 10.8 Å². The Labute approximate surface area is 337 Å². The molecule has 7 aliphatic carbocycles. The fourth-order valence-corrected chi connectivity index (χ4v) is 14.3. The maximum atomic E-state index is 2.66. The van der Waals surface area contributed by atoms with E-state index >= 15 is 0 Å². The molecule has 5 saturated carbocycles. The second kappa shape index (κ2) is 12.1. The van der Waals surface area contributed by atoms with Crippen molar-refractivity contribution in [2.24, 2.45) is 23.7 Å². The summed E-state index contributed by atoms with van der Waals surface area (Å²) in [7, 11) is 0. The van der Waals surface area contributed by atoms with E-state index in [1.54, 1.807) is 22.3 Å². The number of benzene rings is 7. The minimum absolute atomic E-state index is 0.0917. The van der Waals surface area contributed by atoms with Crippen LogP contribution < -0.4 is 4.90 Å². The molecule has 2 spiro atoms. The Morgan fingerprint density at radius 2 is 1.07 bits per heavy atom. The summed E-state index contributed by atoms with van der Waals surface area (Å²) < 4.78 is 0. The van der Waals surface area contributed by atoms with Crippen LogP contribution >= 0.6 is 0 Å². The van der Waals surface area contributed by atoms with Gasteiger partial charge in [-0.15, -0.1) is 0 Å². The lowest BCUT2D eigenvalue weighted by molar-refractivity contribution is -0.0399. The Hall–Kier alpha value is -5.40. The van der Waals surface area contributed by atoms with Crippen molar-refractivity contribution in [3.8, 4) is 33.4 Å². The maximum absolute atomic E-state index is 2.66. The fourth-order valence-electron chi connectivity index (χ4n) is 14.3. The van der Waals surface area contributed by atoms with Gasteiger partial charge in [-0.3, -0.25) is 0 Å². The number of rotatable bonds is 4. The predicted octanol–water partition coefficient (Wildman–Crippen LogP) is 14.9. The smallest absolute Gasteiger partial charge is 0.0543 e. The molecular weight excluding hydrogens is 687 g/mol. The average Bonchev–Trinajstić information content (AvgIpc) is 3.70. The lowest BCUT2D eigenvalue weighted by Gasteiger charge is -2.61. The third-order valence-corrected chi connectivity index (χ3v) is 16.2. The highest BCUT2D eigenvalue weighted by atomic mass is 15.1. The van der Waals surface area contributed by atoms with Crippen molar-refractivity contribution in [3.63, 3.8) is 0 Å². The van der Waals surface area contributed by atoms with Gasteiger partial charge < -0.3 is 4.90 Å². The van der Waals surface area contributed by atoms with Crippen molar-refractivity contribution in [1.82, 2.24) is 0 Å². The summed E-state index contributed by atoms with van der Waals surface area (Å²) >= 11 is 0. The third kappa shape index (κ3) is 4.47. The van der Waals surface area contributed by atoms with E-state index in [1.165, 1.54) is 125 Å². The summed E-state index contributed by atoms with van der Waals surface area (Å²) in [6, 6.07) is 59.1. The van der Waals surface area contributed by atoms with Crippen LogP contribution in [-0.4, -0.2) is 0 Å². The van der Waals surface area contributed by atoms with E-state index in [1.807, 2.05) is 0 Å². The monoisotopic (exact) mass is 735 g/mol. The zero-order valence-electron chi connectivity index (χ0n) is 32.8. The quantitative estimate of drug-likeness (QED) is 0.174. The standard InChI is InChI=1S/C56H49N/c1-8-26-55(27-9-1)49-18-6-4-16-46(49)47-25-24-45(35-52(47)55)57(44-15-10-14-40(34-44)41-23-22-38-12-2-3-13-39(38)33-41)53-21-11-20-51-54(53)48-17-5-7-19-50(48)56(51)42-29-36-28-37(31-42)32-43(56)30-36/h2-7,10-25,33-37,42-43H,1,8-9,26-32H2. The summed E-state index contributed by atoms with van der Waals surface area (Å²) in [6.07, 6.45) is 13.5. The second-order valence-electron chi connectivity index (χ2n) is 18.8. The van der Waals surface area contributed by atoms with Gasteiger partial charge in [-0.2, -0.15) is 0 Å². The summed E-state index contributed by atoms with van der Waals surface area (Å²) in [5.41, 5.74) is 18.7. The lowest BCUT2D eigenvalue weighted by atomic mass is 9.43. The normalized spacial score (nSPS) is 25.4. The number of anilines is 3. The number of fused-ring (bicyclic) bond motifs is 9. The van der Waals surface area contributed by atoms with Crippen LogP contribution in [0.3, 0.4) is 0 Å². The molecule has 7 aromatic rings. The minimum atomic E-state index is 0.0917. The molecule has 1 heteroatoms. The van der Waals surface area contributed by atoms with Crippen LogP contribution in [0.1, 0.15) is 86.5 Å². The van der Waals surface area contributed by atoms with Crippen molar-refractivity contribution in [1.29, 1.82) is 0 Å². The minimum Gasteiger partial charge on any atom is -0.310 e. The van der Waals surface area contributed by atoms with Gasteiger partial charge in [0.05, 0.1) is 5.69 Å². The topological polar surface area (TPSA) is 3.24 Å². The summed E-state index contributed by atoms with van der Waals surface area (Å²) in [4.78, 5) is 2.66. The predicted molar refractivity (Wildman–Crippen MR) is 237 cm³/mol. The van der Waals surface area contributed by atoms with Crippen molar-refractivity contribution < 1.29 is 0 Å². The molecule has 0 heterocycles. The van der Waals surface area contributed by atoms with Gasteiger partial charge in [0.15, 0.2) is 0 Å². The summed E-state index contributed by atoms with van der Waals surface area (Å²) in [5.74, 6) is 3.32. The van der Waals surface area contributed by atoms with Gasteiger partial charge in [-0.25, -0.2) is 0 Å². The number of hydrogen-bond donors (Lipinski definition) is 0. The largest absolute Gasteiger partial charge is 0.310 e. The zero-order chi connectivity index (χ0) is 37.3. The van der Waals surface area contributed by atoms with E-state index in [4.69, 9.17) is 0 Å². The van der Waals surface area contributed by atoms with Crippen molar-refractivity contribution in [2.45, 2.75) is 75.0 Å². The van der Waals surface area contributed by atoms with E-state index < -0.39 is 0 Å². The Morgan fingerprint density at radius 3 is 1.89 bits per heavy atom. The SMILES string of the molecule is c1cc(-c2ccc3ccccc3c2)cc(N(c2ccc3c(c2)C2(CCCCC2)c2ccccc2-3)c2cccc3c2-c2ccccc2C32C3CC4CC(C3)CC2C4)c1. The first-order valence-electron chi connectivity index (χ1n) is 22.1. The van der Waals surface area contributed by atoms with Gasteiger partial charge in [0.25, 0.3) is 0 Å². The molecule has 0 atom stereocenters. The second-order valence-corrected chi connectivity index (χ2v) is 18.8. The first-order valence-corrected chi connectivity index (χ1v) is 22.1. The maximum Gasteiger partial charge on any atom is 0.0543 e. The van der Waals surface area contributed by atoms with E-state index in [2.05, 4.69) is 157 Å². The van der Waals surface area contributed by atoms with Crippen LogP contribution in [0.4, 0.5) is 17.1 Å².